The fraction of sp³-hybridized carbons (Fsp3) is 0.500. The van der Waals surface area contributed by atoms with E-state index in [1.165, 1.54) is 13.2 Å². The number of carboxylic acids is 1. The molecule has 1 aliphatic carbocycles. The fourth-order valence-electron chi connectivity index (χ4n) is 2.34. The van der Waals surface area contributed by atoms with E-state index in [1.54, 1.807) is 0 Å². The first-order chi connectivity index (χ1) is 9.32. The van der Waals surface area contributed by atoms with Gasteiger partial charge in [0.1, 0.15) is 5.75 Å². The molecule has 0 aromatic heterocycles. The van der Waals surface area contributed by atoms with Crippen LogP contribution in [0.3, 0.4) is 0 Å². The van der Waals surface area contributed by atoms with Gasteiger partial charge in [0.05, 0.1) is 18.6 Å². The summed E-state index contributed by atoms with van der Waals surface area (Å²) in [6, 6.07) is 3.41. The minimum absolute atomic E-state index is 0.125. The number of benzene rings is 1. The minimum atomic E-state index is -4.39. The average molecular weight is 288 g/mol. The van der Waals surface area contributed by atoms with E-state index in [9.17, 15) is 18.0 Å². The number of aliphatic carboxylic acids is 1. The van der Waals surface area contributed by atoms with Crippen molar-refractivity contribution in [2.45, 2.75) is 25.4 Å². The largest absolute Gasteiger partial charge is 0.496 e. The summed E-state index contributed by atoms with van der Waals surface area (Å²) in [7, 11) is 1.33. The van der Waals surface area contributed by atoms with Gasteiger partial charge in [0, 0.05) is 0 Å². The Hall–Kier alpha value is -1.72. The number of hydrogen-bond acceptors (Lipinski definition) is 2. The van der Waals surface area contributed by atoms with Crippen LogP contribution in [0.25, 0.3) is 0 Å². The van der Waals surface area contributed by atoms with E-state index in [4.69, 9.17) is 9.84 Å². The zero-order valence-electron chi connectivity index (χ0n) is 10.9. The van der Waals surface area contributed by atoms with Crippen molar-refractivity contribution >= 4 is 5.97 Å². The van der Waals surface area contributed by atoms with Crippen molar-refractivity contribution in [3.63, 3.8) is 0 Å². The molecule has 2 rings (SSSR count). The number of hydrogen-bond donors (Lipinski definition) is 1. The van der Waals surface area contributed by atoms with Crippen LogP contribution in [0.1, 0.15) is 24.0 Å². The molecule has 0 saturated heterocycles. The zero-order valence-corrected chi connectivity index (χ0v) is 10.9. The van der Waals surface area contributed by atoms with Gasteiger partial charge in [-0.3, -0.25) is 4.79 Å². The number of ether oxygens (including phenoxy) is 1. The molecule has 1 aliphatic rings. The number of aryl methyl sites for hydroxylation is 1. The van der Waals surface area contributed by atoms with E-state index < -0.39 is 17.7 Å². The van der Waals surface area contributed by atoms with Crippen molar-refractivity contribution in [3.8, 4) is 5.75 Å². The quantitative estimate of drug-likeness (QED) is 0.903. The summed E-state index contributed by atoms with van der Waals surface area (Å²) in [5, 5.41) is 8.80. The van der Waals surface area contributed by atoms with Crippen LogP contribution in [0.2, 0.25) is 0 Å². The summed E-state index contributed by atoms with van der Waals surface area (Å²) in [5.74, 6) is -0.767. The molecule has 0 aliphatic heterocycles. The maximum atomic E-state index is 12.6. The molecular formula is C14H15F3O3. The summed E-state index contributed by atoms with van der Waals surface area (Å²) in [5.41, 5.74) is -0.0653. The molecule has 0 amide bonds. The highest BCUT2D eigenvalue weighted by Gasteiger charge is 2.42. The lowest BCUT2D eigenvalue weighted by Gasteiger charge is -2.12. The van der Waals surface area contributed by atoms with Crippen LogP contribution in [0, 0.1) is 11.8 Å². The molecule has 1 aromatic carbocycles. The Kier molecular flexibility index (Phi) is 3.92. The molecule has 20 heavy (non-hydrogen) atoms. The van der Waals surface area contributed by atoms with Crippen molar-refractivity contribution in [1.82, 2.24) is 0 Å². The topological polar surface area (TPSA) is 46.5 Å². The summed E-state index contributed by atoms with van der Waals surface area (Å²) in [4.78, 5) is 10.7. The Morgan fingerprint density at radius 2 is 2.15 bits per heavy atom. The highest BCUT2D eigenvalue weighted by molar-refractivity contribution is 5.73. The predicted octanol–water partition coefficient (Wildman–Crippen LogP) is 3.37. The molecule has 110 valence electrons. The first kappa shape index (κ1) is 14.7. The summed E-state index contributed by atoms with van der Waals surface area (Å²) < 4.78 is 42.7. The molecule has 1 saturated carbocycles. The number of methoxy groups -OCH3 is 1. The van der Waals surface area contributed by atoms with E-state index in [-0.39, 0.29) is 17.6 Å². The second-order valence-corrected chi connectivity index (χ2v) is 5.00. The lowest BCUT2D eigenvalue weighted by atomic mass is 10.0. The van der Waals surface area contributed by atoms with E-state index in [0.717, 1.165) is 12.1 Å². The lowest BCUT2D eigenvalue weighted by Crippen LogP contribution is -2.06. The number of carboxylic acid groups (broad SMARTS) is 1. The number of carbonyl (C=O) groups is 1. The van der Waals surface area contributed by atoms with Gasteiger partial charge in [-0.05, 0) is 42.9 Å². The molecule has 0 heterocycles. The van der Waals surface area contributed by atoms with Gasteiger partial charge in [0.15, 0.2) is 0 Å². The van der Waals surface area contributed by atoms with E-state index >= 15 is 0 Å². The van der Waals surface area contributed by atoms with Gasteiger partial charge in [0.2, 0.25) is 0 Å². The molecule has 2 unspecified atom stereocenters. The zero-order chi connectivity index (χ0) is 14.9. The van der Waals surface area contributed by atoms with Crippen LogP contribution in [0.5, 0.6) is 5.75 Å². The highest BCUT2D eigenvalue weighted by atomic mass is 19.4. The molecule has 0 radical (unpaired) electrons. The maximum absolute atomic E-state index is 12.6. The van der Waals surface area contributed by atoms with Gasteiger partial charge in [-0.1, -0.05) is 6.07 Å². The molecule has 0 spiro atoms. The summed E-state index contributed by atoms with van der Waals surface area (Å²) >= 11 is 0. The number of rotatable bonds is 5. The molecule has 1 fully saturated rings. The number of alkyl halides is 3. The van der Waals surface area contributed by atoms with Crippen LogP contribution >= 0.6 is 0 Å². The van der Waals surface area contributed by atoms with Crippen molar-refractivity contribution < 1.29 is 27.8 Å². The van der Waals surface area contributed by atoms with Crippen LogP contribution < -0.4 is 4.74 Å². The molecule has 0 bridgehead atoms. The predicted molar refractivity (Wildman–Crippen MR) is 65.5 cm³/mol. The van der Waals surface area contributed by atoms with Gasteiger partial charge >= 0.3 is 12.1 Å². The number of halogens is 3. The van der Waals surface area contributed by atoms with Crippen molar-refractivity contribution in [2.24, 2.45) is 11.8 Å². The molecule has 1 N–H and O–H groups in total. The third kappa shape index (κ3) is 3.23. The van der Waals surface area contributed by atoms with Crippen LogP contribution in [-0.4, -0.2) is 18.2 Å². The second kappa shape index (κ2) is 5.34. The SMILES string of the molecule is COc1cc(C(F)(F)F)ccc1CCC1CC1C(=O)O. The Labute approximate surface area is 114 Å². The Bertz CT molecular complexity index is 511. The third-order valence-electron chi connectivity index (χ3n) is 3.64. The van der Waals surface area contributed by atoms with Gasteiger partial charge in [-0.2, -0.15) is 13.2 Å². The Morgan fingerprint density at radius 3 is 2.65 bits per heavy atom. The maximum Gasteiger partial charge on any atom is 0.416 e. The summed E-state index contributed by atoms with van der Waals surface area (Å²) in [6.07, 6.45) is -2.57. The molecular weight excluding hydrogens is 273 g/mol. The van der Waals surface area contributed by atoms with Crippen molar-refractivity contribution in [3.05, 3.63) is 29.3 Å². The monoisotopic (exact) mass is 288 g/mol. The van der Waals surface area contributed by atoms with Crippen LogP contribution in [0.4, 0.5) is 13.2 Å². The normalized spacial score (nSPS) is 21.6. The smallest absolute Gasteiger partial charge is 0.416 e. The first-order valence-corrected chi connectivity index (χ1v) is 6.30. The standard InChI is InChI=1S/C14H15F3O3/c1-20-12-7-10(14(15,16)17)5-4-8(12)2-3-9-6-11(9)13(18)19/h4-5,7,9,11H,2-3,6H2,1H3,(H,18,19). The van der Waals surface area contributed by atoms with E-state index in [2.05, 4.69) is 0 Å². The molecule has 2 atom stereocenters. The van der Waals surface area contributed by atoms with Gasteiger partial charge in [0.25, 0.3) is 0 Å². The van der Waals surface area contributed by atoms with Gasteiger partial charge in [-0.15, -0.1) is 0 Å². The Morgan fingerprint density at radius 1 is 1.45 bits per heavy atom. The van der Waals surface area contributed by atoms with E-state index in [1.807, 2.05) is 0 Å². The summed E-state index contributed by atoms with van der Waals surface area (Å²) in [6.45, 7) is 0. The van der Waals surface area contributed by atoms with E-state index in [0.29, 0.717) is 24.8 Å². The minimum Gasteiger partial charge on any atom is -0.496 e. The first-order valence-electron chi connectivity index (χ1n) is 6.30. The fourth-order valence-corrected chi connectivity index (χ4v) is 2.34. The third-order valence-corrected chi connectivity index (χ3v) is 3.64. The van der Waals surface area contributed by atoms with Crippen molar-refractivity contribution in [1.29, 1.82) is 0 Å². The second-order valence-electron chi connectivity index (χ2n) is 5.00. The average Bonchev–Trinajstić information content (AvgIpc) is 3.14. The molecule has 3 nitrogen and oxygen atoms in total. The molecule has 1 aromatic rings. The Balaban J connectivity index is 2.03. The molecule has 6 heteroatoms. The van der Waals surface area contributed by atoms with Crippen molar-refractivity contribution in [2.75, 3.05) is 7.11 Å². The van der Waals surface area contributed by atoms with Crippen LogP contribution in [0.15, 0.2) is 18.2 Å². The van der Waals surface area contributed by atoms with Gasteiger partial charge < -0.3 is 9.84 Å². The van der Waals surface area contributed by atoms with Crippen LogP contribution in [-0.2, 0) is 17.4 Å². The highest BCUT2D eigenvalue weighted by Crippen LogP contribution is 2.43. The lowest BCUT2D eigenvalue weighted by molar-refractivity contribution is -0.139. The van der Waals surface area contributed by atoms with Gasteiger partial charge in [-0.25, -0.2) is 0 Å².